The number of aliphatic hydroxyl groups is 1. The Kier molecular flexibility index (Phi) is 13.0. The second-order valence-corrected chi connectivity index (χ2v) is 15.8. The van der Waals surface area contributed by atoms with Gasteiger partial charge in [0.25, 0.3) is 5.91 Å². The van der Waals surface area contributed by atoms with Crippen LogP contribution in [0.5, 0.6) is 5.75 Å². The van der Waals surface area contributed by atoms with Crippen LogP contribution in [-0.4, -0.2) is 58.4 Å². The second-order valence-electron chi connectivity index (χ2n) is 11.9. The maximum Gasteiger partial charge on any atom is 0.257 e. The number of nitriles is 2. The van der Waals surface area contributed by atoms with Crippen molar-refractivity contribution in [2.75, 3.05) is 10.6 Å². The standard InChI is InChI=1S/2C18H14ClN5O4S/c19-14-2-1-3-16(25)13(14)7-18(26)23-12-4-5-15(17(6-12)29(21,27)28)24-10-11(8-20)9-22-24;19-14-4-2-1-3-13(14)17(25)18(26)23-12-5-6-15(16(7-12)29(21,27)28)24-10-11(8-20)9-22-24/h1-6,9-10,25H,7H2,(H,23,26)(H2,21,27,28);1-7,9-10,17,25H,(H,23,26)(H2,21,27,28). The number of primary sulfonamides is 2. The maximum atomic E-state index is 12.4. The van der Waals surface area contributed by atoms with E-state index in [2.05, 4.69) is 20.8 Å². The molecular formula is C36H28Cl2N10O8S2. The highest BCUT2D eigenvalue weighted by Gasteiger charge is 2.23. The quantitative estimate of drug-likeness (QED) is 0.115. The zero-order valence-electron chi connectivity index (χ0n) is 29.4. The monoisotopic (exact) mass is 862 g/mol. The van der Waals surface area contributed by atoms with Crippen LogP contribution in [0, 0.1) is 22.7 Å². The van der Waals surface area contributed by atoms with Crippen LogP contribution in [0.15, 0.2) is 113 Å². The van der Waals surface area contributed by atoms with E-state index < -0.39 is 38.0 Å². The van der Waals surface area contributed by atoms with Gasteiger partial charge in [-0.15, -0.1) is 0 Å². The molecule has 22 heteroatoms. The number of rotatable bonds is 10. The van der Waals surface area contributed by atoms with Crippen LogP contribution < -0.4 is 20.9 Å². The van der Waals surface area contributed by atoms with Gasteiger partial charge in [0, 0.05) is 44.9 Å². The van der Waals surface area contributed by atoms with E-state index in [1.165, 1.54) is 88.7 Å². The Morgan fingerprint density at radius 1 is 0.759 bits per heavy atom. The molecule has 0 radical (unpaired) electrons. The van der Waals surface area contributed by atoms with Crippen molar-refractivity contribution in [1.29, 1.82) is 10.5 Å². The first-order valence-electron chi connectivity index (χ1n) is 16.1. The summed E-state index contributed by atoms with van der Waals surface area (Å²) in [5.41, 5.74) is 1.39. The molecule has 0 saturated heterocycles. The third kappa shape index (κ3) is 10.2. The van der Waals surface area contributed by atoms with E-state index >= 15 is 0 Å². The summed E-state index contributed by atoms with van der Waals surface area (Å²) < 4.78 is 50.5. The molecule has 0 spiro atoms. The van der Waals surface area contributed by atoms with Gasteiger partial charge in [-0.2, -0.15) is 20.7 Å². The van der Waals surface area contributed by atoms with Crippen LogP contribution >= 0.6 is 23.2 Å². The van der Waals surface area contributed by atoms with Crippen molar-refractivity contribution >= 4 is 66.4 Å². The molecule has 2 aromatic heterocycles. The summed E-state index contributed by atoms with van der Waals surface area (Å²) in [6.45, 7) is 0. The molecule has 1 atom stereocenters. The van der Waals surface area contributed by atoms with Gasteiger partial charge in [-0.1, -0.05) is 47.5 Å². The number of aliphatic hydroxyl groups excluding tert-OH is 1. The predicted molar refractivity (Wildman–Crippen MR) is 210 cm³/mol. The number of amides is 2. The number of anilines is 2. The van der Waals surface area contributed by atoms with Crippen molar-refractivity contribution in [2.24, 2.45) is 10.3 Å². The van der Waals surface area contributed by atoms with E-state index in [0.717, 1.165) is 6.07 Å². The average Bonchev–Trinajstić information content (AvgIpc) is 3.86. The van der Waals surface area contributed by atoms with Crippen molar-refractivity contribution in [1.82, 2.24) is 19.6 Å². The Morgan fingerprint density at radius 3 is 1.72 bits per heavy atom. The third-order valence-corrected chi connectivity index (χ3v) is 10.5. The number of aromatic hydroxyl groups is 1. The Hall–Kier alpha value is -6.62. The number of hydrogen-bond acceptors (Lipinski definition) is 12. The SMILES string of the molecule is N#Cc1cnn(-c2ccc(NC(=O)C(O)c3ccccc3Cl)cc2S(N)(=O)=O)c1.N#Cc1cnn(-c2ccc(NC(=O)Cc3c(O)cccc3Cl)cc2S(N)(=O)=O)c1. The summed E-state index contributed by atoms with van der Waals surface area (Å²) in [6, 6.07) is 22.5. The van der Waals surface area contributed by atoms with E-state index in [1.54, 1.807) is 18.2 Å². The average molecular weight is 864 g/mol. The molecular weight excluding hydrogens is 835 g/mol. The Labute approximate surface area is 340 Å². The fourth-order valence-corrected chi connectivity index (χ4v) is 7.14. The maximum absolute atomic E-state index is 12.4. The zero-order chi connectivity index (χ0) is 42.4. The number of carbonyl (C=O) groups excluding carboxylic acids is 2. The fraction of sp³-hybridized carbons (Fsp3) is 0.0556. The van der Waals surface area contributed by atoms with Gasteiger partial charge in [0.2, 0.25) is 26.0 Å². The summed E-state index contributed by atoms with van der Waals surface area (Å²) in [7, 11) is -8.36. The van der Waals surface area contributed by atoms with E-state index in [9.17, 15) is 36.6 Å². The van der Waals surface area contributed by atoms with Crippen molar-refractivity contribution in [3.05, 3.63) is 136 Å². The molecule has 2 amide bonds. The highest BCUT2D eigenvalue weighted by Crippen LogP contribution is 2.29. The number of sulfonamides is 2. The summed E-state index contributed by atoms with van der Waals surface area (Å²) in [4.78, 5) is 24.1. The number of hydrogen-bond donors (Lipinski definition) is 6. The number of carbonyl (C=O) groups is 2. The number of benzene rings is 4. The molecule has 0 aliphatic heterocycles. The number of nitrogens with one attached hydrogen (secondary N) is 2. The van der Waals surface area contributed by atoms with E-state index in [4.69, 9.17) is 44.0 Å². The highest BCUT2D eigenvalue weighted by atomic mass is 35.5. The van der Waals surface area contributed by atoms with Crippen LogP contribution in [0.2, 0.25) is 10.0 Å². The number of nitrogens with two attached hydrogens (primary N) is 2. The van der Waals surface area contributed by atoms with Crippen LogP contribution in [0.25, 0.3) is 11.4 Å². The van der Waals surface area contributed by atoms with Gasteiger partial charge >= 0.3 is 0 Å². The summed E-state index contributed by atoms with van der Waals surface area (Å²) in [5, 5.41) is 61.8. The molecule has 0 aliphatic rings. The van der Waals surface area contributed by atoms with Gasteiger partial charge in [-0.25, -0.2) is 36.5 Å². The fourth-order valence-electron chi connectivity index (χ4n) is 5.18. The molecule has 2 heterocycles. The van der Waals surface area contributed by atoms with E-state index in [0.29, 0.717) is 0 Å². The minimum absolute atomic E-state index is 0.0848. The molecule has 18 nitrogen and oxygen atoms in total. The lowest BCUT2D eigenvalue weighted by Gasteiger charge is -2.15. The largest absolute Gasteiger partial charge is 0.508 e. The summed E-state index contributed by atoms with van der Waals surface area (Å²) in [6.07, 6.45) is 3.45. The van der Waals surface area contributed by atoms with Crippen molar-refractivity contribution < 1.29 is 36.6 Å². The molecule has 0 fully saturated rings. The van der Waals surface area contributed by atoms with Crippen LogP contribution in [-0.2, 0) is 36.1 Å². The van der Waals surface area contributed by atoms with E-state index in [1.807, 2.05) is 12.1 Å². The van der Waals surface area contributed by atoms with Crippen molar-refractivity contribution in [2.45, 2.75) is 22.3 Å². The van der Waals surface area contributed by atoms with Gasteiger partial charge in [0.05, 0.1) is 41.3 Å². The normalized spacial score (nSPS) is 11.6. The second kappa shape index (κ2) is 17.7. The number of phenols is 1. The number of phenolic OH excluding ortho intramolecular Hbond substituents is 1. The van der Waals surface area contributed by atoms with Gasteiger partial charge < -0.3 is 20.8 Å². The Bertz CT molecular complexity index is 2850. The smallest absolute Gasteiger partial charge is 0.257 e. The highest BCUT2D eigenvalue weighted by molar-refractivity contribution is 7.89. The minimum Gasteiger partial charge on any atom is -0.508 e. The van der Waals surface area contributed by atoms with Crippen LogP contribution in [0.3, 0.4) is 0 Å². The molecule has 0 aliphatic carbocycles. The zero-order valence-corrected chi connectivity index (χ0v) is 32.5. The first-order valence-corrected chi connectivity index (χ1v) is 20.0. The summed E-state index contributed by atoms with van der Waals surface area (Å²) >= 11 is 12.0. The molecule has 6 rings (SSSR count). The molecule has 4 aromatic carbocycles. The molecule has 8 N–H and O–H groups in total. The molecule has 58 heavy (non-hydrogen) atoms. The van der Waals surface area contributed by atoms with Crippen LogP contribution in [0.1, 0.15) is 28.4 Å². The molecule has 0 saturated carbocycles. The van der Waals surface area contributed by atoms with Gasteiger partial charge in [-0.3, -0.25) is 9.59 Å². The topological polar surface area (TPSA) is 302 Å². The molecule has 1 unspecified atom stereocenters. The number of halogens is 2. The molecule has 296 valence electrons. The Balaban J connectivity index is 0.000000221. The van der Waals surface area contributed by atoms with Gasteiger partial charge in [0.1, 0.15) is 27.7 Å². The van der Waals surface area contributed by atoms with Crippen molar-refractivity contribution in [3.8, 4) is 29.3 Å². The van der Waals surface area contributed by atoms with Gasteiger partial charge in [0.15, 0.2) is 6.10 Å². The lowest BCUT2D eigenvalue weighted by molar-refractivity contribution is -0.124. The lowest BCUT2D eigenvalue weighted by Crippen LogP contribution is -2.22. The first kappa shape index (κ1) is 42.5. The molecule has 6 aromatic rings. The lowest BCUT2D eigenvalue weighted by atomic mass is 10.1. The van der Waals surface area contributed by atoms with E-state index in [-0.39, 0.29) is 77.0 Å². The van der Waals surface area contributed by atoms with Gasteiger partial charge in [-0.05, 0) is 54.6 Å². The molecule has 0 bridgehead atoms. The third-order valence-electron chi connectivity index (χ3n) is 7.88. The van der Waals surface area contributed by atoms with Crippen LogP contribution in [0.4, 0.5) is 11.4 Å². The van der Waals surface area contributed by atoms with Crippen molar-refractivity contribution in [3.63, 3.8) is 0 Å². The first-order chi connectivity index (χ1) is 27.4. The summed E-state index contributed by atoms with van der Waals surface area (Å²) in [5.74, 6) is -1.45. The number of nitrogens with zero attached hydrogens (tertiary/aromatic N) is 6. The number of aromatic nitrogens is 4. The predicted octanol–water partition coefficient (Wildman–Crippen LogP) is 3.65. The minimum atomic E-state index is -4.20. The Morgan fingerprint density at radius 2 is 1.26 bits per heavy atom.